The Morgan fingerprint density at radius 1 is 1.56 bits per heavy atom. The molecule has 1 fully saturated rings. The molecule has 2 atom stereocenters. The number of rotatable bonds is 2. The lowest BCUT2D eigenvalue weighted by Crippen LogP contribution is -2.49. The van der Waals surface area contributed by atoms with Gasteiger partial charge in [0.1, 0.15) is 5.60 Å². The number of aliphatic hydroxyl groups is 1. The highest BCUT2D eigenvalue weighted by Gasteiger charge is 2.24. The van der Waals surface area contributed by atoms with Crippen molar-refractivity contribution in [1.82, 2.24) is 10.6 Å². The SMILES string of the molecule is CC(C)(C)OC(=O)N[C@H]1CCN[C@H](CO)C1. The Bertz CT molecular complexity index is 238. The standard InChI is InChI=1S/C11H22N2O3/c1-11(2,3)16-10(15)13-8-4-5-12-9(6-8)7-14/h8-9,12,14H,4-7H2,1-3H3,(H,13,15)/t8-,9-/m0/s1. The van der Waals surface area contributed by atoms with Crippen molar-refractivity contribution in [2.24, 2.45) is 0 Å². The van der Waals surface area contributed by atoms with Crippen molar-refractivity contribution in [2.45, 2.75) is 51.3 Å². The summed E-state index contributed by atoms with van der Waals surface area (Å²) >= 11 is 0. The van der Waals surface area contributed by atoms with E-state index in [2.05, 4.69) is 10.6 Å². The van der Waals surface area contributed by atoms with Crippen LogP contribution in [0.3, 0.4) is 0 Å². The van der Waals surface area contributed by atoms with Gasteiger partial charge in [-0.1, -0.05) is 0 Å². The molecular weight excluding hydrogens is 208 g/mol. The number of nitrogens with one attached hydrogen (secondary N) is 2. The van der Waals surface area contributed by atoms with Crippen molar-refractivity contribution in [3.63, 3.8) is 0 Å². The Hall–Kier alpha value is -0.810. The molecule has 1 saturated heterocycles. The van der Waals surface area contributed by atoms with Crippen LogP contribution in [0.25, 0.3) is 0 Å². The Morgan fingerprint density at radius 2 is 2.25 bits per heavy atom. The maximum Gasteiger partial charge on any atom is 0.407 e. The summed E-state index contributed by atoms with van der Waals surface area (Å²) in [4.78, 5) is 11.5. The third-order valence-corrected chi connectivity index (χ3v) is 2.44. The van der Waals surface area contributed by atoms with E-state index < -0.39 is 5.60 Å². The molecule has 0 bridgehead atoms. The van der Waals surface area contributed by atoms with Gasteiger partial charge in [-0.25, -0.2) is 4.79 Å². The van der Waals surface area contributed by atoms with Crippen LogP contribution in [-0.4, -0.2) is 42.0 Å². The van der Waals surface area contributed by atoms with Crippen LogP contribution in [0.5, 0.6) is 0 Å². The number of alkyl carbamates (subject to hydrolysis) is 1. The second kappa shape index (κ2) is 5.50. The molecule has 1 rings (SSSR count). The first-order valence-corrected chi connectivity index (χ1v) is 5.74. The van der Waals surface area contributed by atoms with E-state index in [0.717, 1.165) is 19.4 Å². The minimum absolute atomic E-state index is 0.0775. The summed E-state index contributed by atoms with van der Waals surface area (Å²) in [5.74, 6) is 0. The Kier molecular flexibility index (Phi) is 4.56. The highest BCUT2D eigenvalue weighted by molar-refractivity contribution is 5.68. The lowest BCUT2D eigenvalue weighted by Gasteiger charge is -2.30. The average Bonchev–Trinajstić information content (AvgIpc) is 2.15. The van der Waals surface area contributed by atoms with Gasteiger partial charge < -0.3 is 20.5 Å². The van der Waals surface area contributed by atoms with Crippen LogP contribution in [0, 0.1) is 0 Å². The topological polar surface area (TPSA) is 70.6 Å². The lowest BCUT2D eigenvalue weighted by atomic mass is 10.0. The predicted octanol–water partition coefficient (Wildman–Crippen LogP) is 0.624. The molecule has 0 radical (unpaired) electrons. The van der Waals surface area contributed by atoms with Crippen molar-refractivity contribution < 1.29 is 14.6 Å². The number of hydrogen-bond donors (Lipinski definition) is 3. The molecule has 3 N–H and O–H groups in total. The summed E-state index contributed by atoms with van der Waals surface area (Å²) in [6, 6.07) is 0.168. The first-order chi connectivity index (χ1) is 7.40. The van der Waals surface area contributed by atoms with E-state index in [1.165, 1.54) is 0 Å². The van der Waals surface area contributed by atoms with Crippen molar-refractivity contribution >= 4 is 6.09 Å². The fourth-order valence-electron chi connectivity index (χ4n) is 1.75. The van der Waals surface area contributed by atoms with Crippen LogP contribution in [0.1, 0.15) is 33.6 Å². The van der Waals surface area contributed by atoms with E-state index in [1.54, 1.807) is 0 Å². The number of carbonyl (C=O) groups excluding carboxylic acids is 1. The molecule has 1 amide bonds. The normalized spacial score (nSPS) is 26.2. The number of piperidine rings is 1. The van der Waals surface area contributed by atoms with E-state index in [1.807, 2.05) is 20.8 Å². The highest BCUT2D eigenvalue weighted by atomic mass is 16.6. The van der Waals surface area contributed by atoms with Crippen LogP contribution in [0.4, 0.5) is 4.79 Å². The first kappa shape index (κ1) is 13.3. The average molecular weight is 230 g/mol. The highest BCUT2D eigenvalue weighted by Crippen LogP contribution is 2.11. The van der Waals surface area contributed by atoms with Crippen LogP contribution in [0.2, 0.25) is 0 Å². The summed E-state index contributed by atoms with van der Waals surface area (Å²) < 4.78 is 5.18. The van der Waals surface area contributed by atoms with Crippen LogP contribution >= 0.6 is 0 Å². The van der Waals surface area contributed by atoms with Crippen LogP contribution in [-0.2, 0) is 4.74 Å². The molecule has 5 nitrogen and oxygen atoms in total. The molecular formula is C11H22N2O3. The van der Waals surface area contributed by atoms with Crippen molar-refractivity contribution in [2.75, 3.05) is 13.2 Å². The molecule has 16 heavy (non-hydrogen) atoms. The number of aliphatic hydroxyl groups excluding tert-OH is 1. The molecule has 0 aliphatic carbocycles. The lowest BCUT2D eigenvalue weighted by molar-refractivity contribution is 0.0484. The zero-order chi connectivity index (χ0) is 12.2. The van der Waals surface area contributed by atoms with E-state index in [4.69, 9.17) is 9.84 Å². The smallest absolute Gasteiger partial charge is 0.407 e. The number of amides is 1. The monoisotopic (exact) mass is 230 g/mol. The molecule has 0 aromatic carbocycles. The molecule has 5 heteroatoms. The molecule has 0 aromatic heterocycles. The van der Waals surface area contributed by atoms with Gasteiger partial charge in [0.15, 0.2) is 0 Å². The van der Waals surface area contributed by atoms with Gasteiger partial charge in [-0.15, -0.1) is 0 Å². The zero-order valence-electron chi connectivity index (χ0n) is 10.2. The van der Waals surface area contributed by atoms with Crippen LogP contribution < -0.4 is 10.6 Å². The molecule has 1 aliphatic heterocycles. The van der Waals surface area contributed by atoms with E-state index in [9.17, 15) is 4.79 Å². The third-order valence-electron chi connectivity index (χ3n) is 2.44. The second-order valence-electron chi connectivity index (χ2n) is 5.20. The van der Waals surface area contributed by atoms with E-state index in [0.29, 0.717) is 0 Å². The van der Waals surface area contributed by atoms with Gasteiger partial charge in [0.2, 0.25) is 0 Å². The van der Waals surface area contributed by atoms with Crippen molar-refractivity contribution in [3.05, 3.63) is 0 Å². The van der Waals surface area contributed by atoms with Gasteiger partial charge in [-0.05, 0) is 40.2 Å². The van der Waals surface area contributed by atoms with Gasteiger partial charge in [-0.3, -0.25) is 0 Å². The fraction of sp³-hybridized carbons (Fsp3) is 0.909. The van der Waals surface area contributed by atoms with E-state index in [-0.39, 0.29) is 24.8 Å². The quantitative estimate of drug-likeness (QED) is 0.650. The molecule has 0 aromatic rings. The summed E-state index contributed by atoms with van der Waals surface area (Å²) in [6.07, 6.45) is 1.24. The zero-order valence-corrected chi connectivity index (χ0v) is 10.2. The Labute approximate surface area is 96.6 Å². The van der Waals surface area contributed by atoms with Crippen LogP contribution in [0.15, 0.2) is 0 Å². The van der Waals surface area contributed by atoms with Gasteiger partial charge in [-0.2, -0.15) is 0 Å². The number of hydrogen-bond acceptors (Lipinski definition) is 4. The molecule has 1 heterocycles. The Balaban J connectivity index is 2.33. The van der Waals surface area contributed by atoms with Crippen molar-refractivity contribution in [1.29, 1.82) is 0 Å². The largest absolute Gasteiger partial charge is 0.444 e. The van der Waals surface area contributed by atoms with Crippen molar-refractivity contribution in [3.8, 4) is 0 Å². The maximum absolute atomic E-state index is 11.5. The van der Waals surface area contributed by atoms with Gasteiger partial charge in [0.05, 0.1) is 6.61 Å². The Morgan fingerprint density at radius 3 is 2.81 bits per heavy atom. The van der Waals surface area contributed by atoms with Gasteiger partial charge in [0, 0.05) is 12.1 Å². The number of ether oxygens (including phenoxy) is 1. The minimum Gasteiger partial charge on any atom is -0.444 e. The molecule has 1 aliphatic rings. The molecule has 0 spiro atoms. The molecule has 94 valence electrons. The summed E-state index contributed by atoms with van der Waals surface area (Å²) in [5, 5.41) is 15.0. The fourth-order valence-corrected chi connectivity index (χ4v) is 1.75. The third kappa shape index (κ3) is 4.81. The molecule has 0 unspecified atom stereocenters. The second-order valence-corrected chi connectivity index (χ2v) is 5.20. The number of carbonyl (C=O) groups is 1. The van der Waals surface area contributed by atoms with Gasteiger partial charge >= 0.3 is 6.09 Å². The first-order valence-electron chi connectivity index (χ1n) is 5.74. The van der Waals surface area contributed by atoms with E-state index >= 15 is 0 Å². The summed E-state index contributed by atoms with van der Waals surface area (Å²) in [7, 11) is 0. The molecule has 0 saturated carbocycles. The predicted molar refractivity (Wildman–Crippen MR) is 61.3 cm³/mol. The summed E-state index contributed by atoms with van der Waals surface area (Å²) in [6.45, 7) is 6.43. The van der Waals surface area contributed by atoms with Gasteiger partial charge in [0.25, 0.3) is 0 Å². The minimum atomic E-state index is -0.465. The maximum atomic E-state index is 11.5. The summed E-state index contributed by atoms with van der Waals surface area (Å²) in [5.41, 5.74) is -0.465.